The van der Waals surface area contributed by atoms with Crippen molar-refractivity contribution in [3.63, 3.8) is 0 Å². The third-order valence-electron chi connectivity index (χ3n) is 4.93. The van der Waals surface area contributed by atoms with E-state index in [0.717, 1.165) is 28.1 Å². The second-order valence-corrected chi connectivity index (χ2v) is 8.22. The molecule has 1 N–H and O–H groups in total. The summed E-state index contributed by atoms with van der Waals surface area (Å²) in [6.45, 7) is 6.81. The first-order valence-corrected chi connectivity index (χ1v) is 10.6. The monoisotopic (exact) mass is 449 g/mol. The topological polar surface area (TPSA) is 69.3 Å². The van der Waals surface area contributed by atoms with Crippen LogP contribution in [-0.2, 0) is 13.2 Å². The minimum Gasteiger partial charge on any atom is -0.486 e. The number of carbonyl (C=O) groups is 1. The van der Waals surface area contributed by atoms with Gasteiger partial charge in [-0.05, 0) is 73.9 Å². The molecule has 0 unspecified atom stereocenters. The third-order valence-corrected chi connectivity index (χ3v) is 5.18. The Kier molecular flexibility index (Phi) is 6.32. The van der Waals surface area contributed by atoms with Crippen LogP contribution in [0.15, 0.2) is 65.1 Å². The Morgan fingerprint density at radius 1 is 1.03 bits per heavy atom. The molecule has 6 nitrogen and oxygen atoms in total. The highest BCUT2D eigenvalue weighted by Gasteiger charge is 2.14. The van der Waals surface area contributed by atoms with Gasteiger partial charge in [0.15, 0.2) is 11.6 Å². The third kappa shape index (κ3) is 5.39. The molecule has 2 aromatic heterocycles. The molecule has 0 spiro atoms. The molecule has 1 amide bonds. The van der Waals surface area contributed by atoms with Crippen molar-refractivity contribution in [1.29, 1.82) is 0 Å². The summed E-state index contributed by atoms with van der Waals surface area (Å²) in [5.41, 5.74) is 4.26. The second kappa shape index (κ2) is 9.32. The maximum Gasteiger partial charge on any atom is 0.292 e. The molecule has 32 heavy (non-hydrogen) atoms. The van der Waals surface area contributed by atoms with E-state index in [1.165, 1.54) is 0 Å². The van der Waals surface area contributed by atoms with Crippen LogP contribution in [0.5, 0.6) is 5.75 Å². The number of ether oxygens (including phenoxy) is 1. The zero-order valence-corrected chi connectivity index (χ0v) is 18.9. The van der Waals surface area contributed by atoms with Crippen molar-refractivity contribution in [3.8, 4) is 5.75 Å². The van der Waals surface area contributed by atoms with E-state index in [9.17, 15) is 4.79 Å². The Labute approximate surface area is 191 Å². The number of nitrogens with one attached hydrogen (secondary N) is 1. The van der Waals surface area contributed by atoms with E-state index >= 15 is 0 Å². The summed E-state index contributed by atoms with van der Waals surface area (Å²) in [5.74, 6) is 1.64. The molecule has 0 saturated carbocycles. The fourth-order valence-corrected chi connectivity index (χ4v) is 3.55. The van der Waals surface area contributed by atoms with E-state index < -0.39 is 0 Å². The number of halogens is 1. The summed E-state index contributed by atoms with van der Waals surface area (Å²) >= 11 is 5.94. The van der Waals surface area contributed by atoms with Gasteiger partial charge < -0.3 is 14.5 Å². The van der Waals surface area contributed by atoms with Gasteiger partial charge in [-0.15, -0.1) is 0 Å². The van der Waals surface area contributed by atoms with Crippen molar-refractivity contribution >= 4 is 23.3 Å². The molecule has 0 aliphatic heterocycles. The lowest BCUT2D eigenvalue weighted by molar-refractivity contribution is 0.0992. The summed E-state index contributed by atoms with van der Waals surface area (Å²) in [4.78, 5) is 12.6. The van der Waals surface area contributed by atoms with Crippen molar-refractivity contribution in [3.05, 3.63) is 99.6 Å². The average Bonchev–Trinajstić information content (AvgIpc) is 3.34. The van der Waals surface area contributed by atoms with Gasteiger partial charge in [0.05, 0.1) is 6.54 Å². The number of anilines is 1. The Morgan fingerprint density at radius 3 is 2.47 bits per heavy atom. The van der Waals surface area contributed by atoms with Gasteiger partial charge in [0, 0.05) is 16.8 Å². The van der Waals surface area contributed by atoms with Gasteiger partial charge in [-0.2, -0.15) is 5.10 Å². The molecule has 2 aromatic carbocycles. The molecule has 7 heteroatoms. The number of hydrogen-bond acceptors (Lipinski definition) is 4. The fraction of sp³-hybridized carbons (Fsp3) is 0.200. The summed E-state index contributed by atoms with van der Waals surface area (Å²) in [6, 6.07) is 18.8. The van der Waals surface area contributed by atoms with Gasteiger partial charge >= 0.3 is 0 Å². The maximum absolute atomic E-state index is 12.6. The van der Waals surface area contributed by atoms with Gasteiger partial charge in [0.1, 0.15) is 18.1 Å². The van der Waals surface area contributed by atoms with E-state index in [-0.39, 0.29) is 18.3 Å². The normalized spacial score (nSPS) is 10.9. The van der Waals surface area contributed by atoms with Gasteiger partial charge in [-0.3, -0.25) is 9.48 Å². The van der Waals surface area contributed by atoms with Crippen LogP contribution in [0.25, 0.3) is 0 Å². The molecule has 0 saturated heterocycles. The number of furan rings is 1. The number of aryl methyl sites for hydroxylation is 3. The molecule has 0 fully saturated rings. The average molecular weight is 450 g/mol. The van der Waals surface area contributed by atoms with Crippen LogP contribution in [0.4, 0.5) is 5.82 Å². The number of nitrogens with zero attached hydrogens (tertiary/aromatic N) is 2. The first-order valence-electron chi connectivity index (χ1n) is 10.3. The lowest BCUT2D eigenvalue weighted by Gasteiger charge is -2.06. The molecule has 0 atom stereocenters. The van der Waals surface area contributed by atoms with Crippen LogP contribution < -0.4 is 10.1 Å². The smallest absolute Gasteiger partial charge is 0.292 e. The largest absolute Gasteiger partial charge is 0.486 e. The summed E-state index contributed by atoms with van der Waals surface area (Å²) < 4.78 is 13.3. The standard InChI is InChI=1S/C25H24ClN3O3/c1-16-10-17(2)12-22(11-16)31-15-21-8-9-23(32-21)25(30)27-24-13-18(3)29(28-24)14-19-4-6-20(26)7-5-19/h4-13H,14-15H2,1-3H3,(H,27,28,30). The highest BCUT2D eigenvalue weighted by atomic mass is 35.5. The summed E-state index contributed by atoms with van der Waals surface area (Å²) in [6.07, 6.45) is 0. The highest BCUT2D eigenvalue weighted by Crippen LogP contribution is 2.19. The number of aromatic nitrogens is 2. The molecule has 164 valence electrons. The number of rotatable bonds is 7. The van der Waals surface area contributed by atoms with Crippen molar-refractivity contribution in [1.82, 2.24) is 9.78 Å². The van der Waals surface area contributed by atoms with Crippen LogP contribution >= 0.6 is 11.6 Å². The van der Waals surface area contributed by atoms with Crippen LogP contribution in [0.2, 0.25) is 5.02 Å². The van der Waals surface area contributed by atoms with Crippen molar-refractivity contribution in [2.45, 2.75) is 33.9 Å². The molecule has 2 heterocycles. The maximum atomic E-state index is 12.6. The molecule has 4 rings (SSSR count). The predicted octanol–water partition coefficient (Wildman–Crippen LogP) is 5.93. The zero-order valence-electron chi connectivity index (χ0n) is 18.2. The number of hydrogen-bond donors (Lipinski definition) is 1. The Bertz CT molecular complexity index is 1220. The summed E-state index contributed by atoms with van der Waals surface area (Å²) in [5, 5.41) is 7.96. The number of carbonyl (C=O) groups excluding carboxylic acids is 1. The molecule has 4 aromatic rings. The molecule has 0 radical (unpaired) electrons. The van der Waals surface area contributed by atoms with E-state index in [1.807, 2.05) is 67.9 Å². The SMILES string of the molecule is Cc1cc(C)cc(OCc2ccc(C(=O)Nc3cc(C)n(Cc4ccc(Cl)cc4)n3)o2)c1. The first-order chi connectivity index (χ1) is 15.4. The van der Waals surface area contributed by atoms with E-state index in [4.69, 9.17) is 20.8 Å². The lowest BCUT2D eigenvalue weighted by Crippen LogP contribution is -2.12. The van der Waals surface area contributed by atoms with Crippen LogP contribution in [0, 0.1) is 20.8 Å². The van der Waals surface area contributed by atoms with Crippen molar-refractivity contribution < 1.29 is 13.9 Å². The van der Waals surface area contributed by atoms with Gasteiger partial charge in [0.2, 0.25) is 0 Å². The van der Waals surface area contributed by atoms with Crippen molar-refractivity contribution in [2.75, 3.05) is 5.32 Å². The summed E-state index contributed by atoms with van der Waals surface area (Å²) in [7, 11) is 0. The number of benzene rings is 2. The lowest BCUT2D eigenvalue weighted by atomic mass is 10.1. The first kappa shape index (κ1) is 21.7. The Morgan fingerprint density at radius 2 is 1.75 bits per heavy atom. The minimum absolute atomic E-state index is 0.203. The fourth-order valence-electron chi connectivity index (χ4n) is 3.42. The van der Waals surface area contributed by atoms with Gasteiger partial charge in [-0.25, -0.2) is 0 Å². The quantitative estimate of drug-likeness (QED) is 0.379. The molecule has 0 aliphatic carbocycles. The predicted molar refractivity (Wildman–Crippen MR) is 124 cm³/mol. The number of amides is 1. The molecule has 0 aliphatic rings. The second-order valence-electron chi connectivity index (χ2n) is 7.79. The van der Waals surface area contributed by atoms with Crippen LogP contribution in [0.3, 0.4) is 0 Å². The Balaban J connectivity index is 1.37. The van der Waals surface area contributed by atoms with E-state index in [0.29, 0.717) is 23.1 Å². The molecular formula is C25H24ClN3O3. The Hall–Kier alpha value is -3.51. The minimum atomic E-state index is -0.362. The molecule has 0 bridgehead atoms. The van der Waals surface area contributed by atoms with E-state index in [1.54, 1.807) is 12.1 Å². The van der Waals surface area contributed by atoms with Gasteiger partial charge in [-0.1, -0.05) is 29.8 Å². The van der Waals surface area contributed by atoms with Gasteiger partial charge in [0.25, 0.3) is 5.91 Å². The highest BCUT2D eigenvalue weighted by molar-refractivity contribution is 6.30. The molecular weight excluding hydrogens is 426 g/mol. The van der Waals surface area contributed by atoms with Crippen molar-refractivity contribution in [2.24, 2.45) is 0 Å². The zero-order chi connectivity index (χ0) is 22.7. The van der Waals surface area contributed by atoms with E-state index in [2.05, 4.69) is 16.5 Å². The van der Waals surface area contributed by atoms with Crippen LogP contribution in [-0.4, -0.2) is 15.7 Å². The van der Waals surface area contributed by atoms with Crippen LogP contribution in [0.1, 0.15) is 38.7 Å².